The Hall–Kier alpha value is -1.68. The molecule has 0 fully saturated rings. The highest BCUT2D eigenvalue weighted by Gasteiger charge is 2.04. The number of para-hydroxylation sites is 1. The summed E-state index contributed by atoms with van der Waals surface area (Å²) in [5.74, 6) is 0. The number of rotatable bonds is 3. The lowest BCUT2D eigenvalue weighted by Crippen LogP contribution is -2.04. The van der Waals surface area contributed by atoms with Crippen LogP contribution in [0.5, 0.6) is 0 Å². The van der Waals surface area contributed by atoms with E-state index in [1.165, 1.54) is 0 Å². The summed E-state index contributed by atoms with van der Waals surface area (Å²) in [7, 11) is 0. The standard InChI is InChI=1S/C11H13N3O/c1-9(15)7-10-8-14(13-12-10)11-5-3-2-4-6-11/h2-6,8-9,15H,7H2,1H3/t9-/m0/s1. The van der Waals surface area contributed by atoms with Gasteiger partial charge < -0.3 is 5.11 Å². The predicted octanol–water partition coefficient (Wildman–Crippen LogP) is 1.19. The Morgan fingerprint density at radius 1 is 1.33 bits per heavy atom. The van der Waals surface area contributed by atoms with Crippen LogP contribution in [0.3, 0.4) is 0 Å². The highest BCUT2D eigenvalue weighted by Crippen LogP contribution is 2.06. The average Bonchev–Trinajstić information content (AvgIpc) is 2.67. The zero-order chi connectivity index (χ0) is 10.7. The van der Waals surface area contributed by atoms with Gasteiger partial charge in [-0.25, -0.2) is 4.68 Å². The molecule has 0 saturated heterocycles. The number of nitrogens with zero attached hydrogens (tertiary/aromatic N) is 3. The fourth-order valence-corrected chi connectivity index (χ4v) is 1.40. The molecule has 15 heavy (non-hydrogen) atoms. The van der Waals surface area contributed by atoms with E-state index in [9.17, 15) is 5.11 Å². The molecule has 0 unspecified atom stereocenters. The highest BCUT2D eigenvalue weighted by atomic mass is 16.3. The first-order valence-corrected chi connectivity index (χ1v) is 4.90. The van der Waals surface area contributed by atoms with Crippen molar-refractivity contribution in [2.75, 3.05) is 0 Å². The third kappa shape index (κ3) is 2.41. The Balaban J connectivity index is 2.21. The molecule has 0 saturated carbocycles. The molecule has 0 amide bonds. The molecule has 4 nitrogen and oxygen atoms in total. The summed E-state index contributed by atoms with van der Waals surface area (Å²) >= 11 is 0. The van der Waals surface area contributed by atoms with Crippen LogP contribution in [0.25, 0.3) is 5.69 Å². The van der Waals surface area contributed by atoms with Crippen LogP contribution in [-0.2, 0) is 6.42 Å². The zero-order valence-electron chi connectivity index (χ0n) is 8.54. The summed E-state index contributed by atoms with van der Waals surface area (Å²) in [5.41, 5.74) is 1.77. The monoisotopic (exact) mass is 203 g/mol. The van der Waals surface area contributed by atoms with E-state index in [2.05, 4.69) is 10.3 Å². The van der Waals surface area contributed by atoms with Gasteiger partial charge in [0, 0.05) is 6.42 Å². The Bertz CT molecular complexity index is 422. The van der Waals surface area contributed by atoms with Crippen LogP contribution in [-0.4, -0.2) is 26.2 Å². The molecule has 0 aliphatic rings. The van der Waals surface area contributed by atoms with E-state index in [1.807, 2.05) is 36.5 Å². The third-order valence-electron chi connectivity index (χ3n) is 2.07. The minimum absolute atomic E-state index is 0.383. The van der Waals surface area contributed by atoms with Gasteiger partial charge in [-0.15, -0.1) is 5.10 Å². The number of benzene rings is 1. The van der Waals surface area contributed by atoms with Crippen LogP contribution in [0.2, 0.25) is 0 Å². The molecule has 1 atom stereocenters. The quantitative estimate of drug-likeness (QED) is 0.815. The molecule has 1 aromatic heterocycles. The number of aliphatic hydroxyl groups is 1. The molecule has 0 spiro atoms. The van der Waals surface area contributed by atoms with Crippen LogP contribution >= 0.6 is 0 Å². The predicted molar refractivity (Wildman–Crippen MR) is 56.7 cm³/mol. The minimum atomic E-state index is -0.383. The van der Waals surface area contributed by atoms with E-state index in [0.717, 1.165) is 11.4 Å². The van der Waals surface area contributed by atoms with Crippen LogP contribution < -0.4 is 0 Å². The summed E-state index contributed by atoms with van der Waals surface area (Å²) in [6.07, 6.45) is 1.99. The van der Waals surface area contributed by atoms with Gasteiger partial charge in [0.25, 0.3) is 0 Å². The number of aromatic nitrogens is 3. The molecule has 0 aliphatic heterocycles. The first kappa shape index (κ1) is 9.86. The fourth-order valence-electron chi connectivity index (χ4n) is 1.40. The van der Waals surface area contributed by atoms with Crippen molar-refractivity contribution in [3.8, 4) is 5.69 Å². The van der Waals surface area contributed by atoms with Crippen LogP contribution in [0.15, 0.2) is 36.5 Å². The average molecular weight is 203 g/mol. The molecule has 0 aliphatic carbocycles. The lowest BCUT2D eigenvalue weighted by molar-refractivity contribution is 0.194. The molecular formula is C11H13N3O. The van der Waals surface area contributed by atoms with Crippen LogP contribution in [0.4, 0.5) is 0 Å². The van der Waals surface area contributed by atoms with Gasteiger partial charge in [-0.1, -0.05) is 23.4 Å². The van der Waals surface area contributed by atoms with Gasteiger partial charge in [-0.2, -0.15) is 0 Å². The van der Waals surface area contributed by atoms with Crippen LogP contribution in [0.1, 0.15) is 12.6 Å². The minimum Gasteiger partial charge on any atom is -0.393 e. The summed E-state index contributed by atoms with van der Waals surface area (Å²) in [5, 5.41) is 17.2. The Kier molecular flexibility index (Phi) is 2.78. The summed E-state index contributed by atoms with van der Waals surface area (Å²) < 4.78 is 1.71. The Morgan fingerprint density at radius 2 is 2.07 bits per heavy atom. The van der Waals surface area contributed by atoms with Gasteiger partial charge in [0.1, 0.15) is 0 Å². The molecule has 1 aromatic carbocycles. The van der Waals surface area contributed by atoms with Crippen molar-refractivity contribution < 1.29 is 5.11 Å². The largest absolute Gasteiger partial charge is 0.393 e. The van der Waals surface area contributed by atoms with Gasteiger partial charge in [-0.05, 0) is 19.1 Å². The summed E-state index contributed by atoms with van der Waals surface area (Å²) in [4.78, 5) is 0. The molecule has 0 radical (unpaired) electrons. The van der Waals surface area contributed by atoms with E-state index in [1.54, 1.807) is 11.6 Å². The number of hydrogen-bond donors (Lipinski definition) is 1. The van der Waals surface area contributed by atoms with Crippen molar-refractivity contribution in [1.82, 2.24) is 15.0 Å². The molecule has 1 heterocycles. The third-order valence-corrected chi connectivity index (χ3v) is 2.07. The maximum absolute atomic E-state index is 9.21. The highest BCUT2D eigenvalue weighted by molar-refractivity contribution is 5.29. The van der Waals surface area contributed by atoms with E-state index < -0.39 is 0 Å². The van der Waals surface area contributed by atoms with Gasteiger partial charge in [0.15, 0.2) is 0 Å². The molecule has 2 aromatic rings. The first-order valence-electron chi connectivity index (χ1n) is 4.90. The van der Waals surface area contributed by atoms with Crippen molar-refractivity contribution in [2.45, 2.75) is 19.4 Å². The second-order valence-electron chi connectivity index (χ2n) is 3.54. The molecule has 1 N–H and O–H groups in total. The van der Waals surface area contributed by atoms with E-state index in [0.29, 0.717) is 6.42 Å². The number of aliphatic hydroxyl groups excluding tert-OH is 1. The van der Waals surface area contributed by atoms with E-state index in [4.69, 9.17) is 0 Å². The van der Waals surface area contributed by atoms with Gasteiger partial charge in [-0.3, -0.25) is 0 Å². The normalized spacial score (nSPS) is 12.7. The maximum atomic E-state index is 9.21. The van der Waals surface area contributed by atoms with Crippen molar-refractivity contribution >= 4 is 0 Å². The zero-order valence-corrected chi connectivity index (χ0v) is 8.54. The van der Waals surface area contributed by atoms with Gasteiger partial charge in [0.2, 0.25) is 0 Å². The van der Waals surface area contributed by atoms with E-state index in [-0.39, 0.29) is 6.10 Å². The second-order valence-corrected chi connectivity index (χ2v) is 3.54. The fraction of sp³-hybridized carbons (Fsp3) is 0.273. The molecular weight excluding hydrogens is 190 g/mol. The van der Waals surface area contributed by atoms with Crippen LogP contribution in [0, 0.1) is 0 Å². The van der Waals surface area contributed by atoms with Crippen molar-refractivity contribution in [1.29, 1.82) is 0 Å². The Morgan fingerprint density at radius 3 is 2.73 bits per heavy atom. The van der Waals surface area contributed by atoms with Crippen molar-refractivity contribution in [3.63, 3.8) is 0 Å². The summed E-state index contributed by atoms with van der Waals surface area (Å²) in [6.45, 7) is 1.74. The van der Waals surface area contributed by atoms with Gasteiger partial charge in [0.05, 0.1) is 23.7 Å². The molecule has 0 bridgehead atoms. The first-order chi connectivity index (χ1) is 7.25. The second kappa shape index (κ2) is 4.23. The van der Waals surface area contributed by atoms with Gasteiger partial charge >= 0.3 is 0 Å². The van der Waals surface area contributed by atoms with Crippen molar-refractivity contribution in [2.24, 2.45) is 0 Å². The maximum Gasteiger partial charge on any atom is 0.0857 e. The SMILES string of the molecule is C[C@H](O)Cc1cn(-c2ccccc2)nn1. The van der Waals surface area contributed by atoms with E-state index >= 15 is 0 Å². The lowest BCUT2D eigenvalue weighted by Gasteiger charge is -1.98. The number of hydrogen-bond acceptors (Lipinski definition) is 3. The molecule has 2 rings (SSSR count). The molecule has 78 valence electrons. The molecule has 4 heteroatoms. The topological polar surface area (TPSA) is 50.9 Å². The lowest BCUT2D eigenvalue weighted by atomic mass is 10.2. The summed E-state index contributed by atoms with van der Waals surface area (Å²) in [6, 6.07) is 9.77. The Labute approximate surface area is 88.2 Å². The van der Waals surface area contributed by atoms with Crippen molar-refractivity contribution in [3.05, 3.63) is 42.2 Å². The smallest absolute Gasteiger partial charge is 0.0857 e.